The molecule has 0 amide bonds. The third kappa shape index (κ3) is 2.84. The number of esters is 1. The molecule has 0 spiro atoms. The number of fused-ring (bicyclic) bond motifs is 1. The number of aromatic nitrogens is 1. The minimum absolute atomic E-state index is 0.283. The van der Waals surface area contributed by atoms with Crippen molar-refractivity contribution in [3.05, 3.63) is 28.8 Å². The predicted molar refractivity (Wildman–Crippen MR) is 96.7 cm³/mol. The van der Waals surface area contributed by atoms with Gasteiger partial charge < -0.3 is 4.74 Å². The third-order valence-electron chi connectivity index (χ3n) is 5.61. The Balaban J connectivity index is 1.47. The van der Waals surface area contributed by atoms with E-state index in [0.717, 1.165) is 22.3 Å². The molecule has 1 aliphatic carbocycles. The van der Waals surface area contributed by atoms with E-state index in [4.69, 9.17) is 9.72 Å². The lowest BCUT2D eigenvalue weighted by molar-refractivity contribution is 0.0480. The zero-order chi connectivity index (χ0) is 16.7. The van der Waals surface area contributed by atoms with Gasteiger partial charge in [-0.25, -0.2) is 9.78 Å². The van der Waals surface area contributed by atoms with Gasteiger partial charge in [0, 0.05) is 18.0 Å². The average Bonchev–Trinajstić information content (AvgIpc) is 2.97. The molecule has 4 nitrogen and oxygen atoms in total. The summed E-state index contributed by atoms with van der Waals surface area (Å²) in [7, 11) is 1.42. The molecule has 1 aromatic heterocycles. The Bertz CT molecular complexity index is 751. The Kier molecular flexibility index (Phi) is 4.31. The van der Waals surface area contributed by atoms with E-state index in [1.165, 1.54) is 50.8 Å². The van der Waals surface area contributed by atoms with E-state index >= 15 is 0 Å². The number of methoxy groups -OCH3 is 1. The Labute approximate surface area is 146 Å². The lowest BCUT2D eigenvalue weighted by Gasteiger charge is -2.47. The number of carbonyl (C=O) groups excluding carboxylic acids is 1. The van der Waals surface area contributed by atoms with E-state index in [-0.39, 0.29) is 5.97 Å². The number of likely N-dealkylation sites (tertiary alicyclic amines) is 1. The van der Waals surface area contributed by atoms with Crippen molar-refractivity contribution in [2.24, 2.45) is 0 Å². The smallest absolute Gasteiger partial charge is 0.337 e. The van der Waals surface area contributed by atoms with E-state index in [1.54, 1.807) is 17.4 Å². The van der Waals surface area contributed by atoms with Crippen molar-refractivity contribution < 1.29 is 9.53 Å². The zero-order valence-corrected chi connectivity index (χ0v) is 15.1. The van der Waals surface area contributed by atoms with Gasteiger partial charge in [-0.05, 0) is 57.4 Å². The highest BCUT2D eigenvalue weighted by atomic mass is 32.1. The molecule has 4 rings (SSSR count). The monoisotopic (exact) mass is 344 g/mol. The first-order valence-corrected chi connectivity index (χ1v) is 9.72. The number of nitrogens with zero attached hydrogens (tertiary/aromatic N) is 2. The molecule has 128 valence electrons. The summed E-state index contributed by atoms with van der Waals surface area (Å²) in [4.78, 5) is 19.2. The normalized spacial score (nSPS) is 27.8. The molecule has 0 radical (unpaired) electrons. The second-order valence-corrected chi connectivity index (χ2v) is 8.19. The topological polar surface area (TPSA) is 42.4 Å². The molecule has 1 aromatic carbocycles. The van der Waals surface area contributed by atoms with Crippen molar-refractivity contribution in [1.29, 1.82) is 0 Å². The summed E-state index contributed by atoms with van der Waals surface area (Å²) in [6.07, 6.45) is 6.54. The number of piperidine rings is 1. The summed E-state index contributed by atoms with van der Waals surface area (Å²) in [6, 6.07) is 7.12. The number of rotatable bonds is 3. The van der Waals surface area contributed by atoms with Crippen LogP contribution in [0.1, 0.15) is 60.3 Å². The van der Waals surface area contributed by atoms with Crippen LogP contribution in [-0.4, -0.2) is 41.6 Å². The van der Waals surface area contributed by atoms with Gasteiger partial charge in [0.05, 0.1) is 27.9 Å². The SMILES string of the molecule is COC(=O)c1ccc2nc(C3CC(N4CCCCC4C)C3)sc2c1. The van der Waals surface area contributed by atoms with Crippen LogP contribution in [0.25, 0.3) is 10.2 Å². The van der Waals surface area contributed by atoms with Crippen LogP contribution in [0.5, 0.6) is 0 Å². The zero-order valence-electron chi connectivity index (χ0n) is 14.3. The molecule has 1 unspecified atom stereocenters. The third-order valence-corrected chi connectivity index (χ3v) is 6.79. The second-order valence-electron chi connectivity index (χ2n) is 7.13. The maximum absolute atomic E-state index is 11.7. The summed E-state index contributed by atoms with van der Waals surface area (Å²) >= 11 is 1.74. The van der Waals surface area contributed by atoms with Gasteiger partial charge in [-0.1, -0.05) is 6.42 Å². The highest BCUT2D eigenvalue weighted by molar-refractivity contribution is 7.18. The van der Waals surface area contributed by atoms with Gasteiger partial charge in [0.25, 0.3) is 0 Å². The van der Waals surface area contributed by atoms with Crippen LogP contribution in [0.15, 0.2) is 18.2 Å². The second kappa shape index (κ2) is 6.45. The number of ether oxygens (including phenoxy) is 1. The lowest BCUT2D eigenvalue weighted by Crippen LogP contribution is -2.50. The van der Waals surface area contributed by atoms with Gasteiger partial charge in [0.2, 0.25) is 0 Å². The molecule has 2 fully saturated rings. The first kappa shape index (κ1) is 16.0. The van der Waals surface area contributed by atoms with Gasteiger partial charge in [-0.2, -0.15) is 0 Å². The van der Waals surface area contributed by atoms with Crippen molar-refractivity contribution in [2.45, 2.75) is 57.0 Å². The Morgan fingerprint density at radius 1 is 1.33 bits per heavy atom. The number of hydrogen-bond acceptors (Lipinski definition) is 5. The molecule has 2 heterocycles. The fourth-order valence-electron chi connectivity index (χ4n) is 4.08. The van der Waals surface area contributed by atoms with Crippen molar-refractivity contribution in [1.82, 2.24) is 9.88 Å². The summed E-state index contributed by atoms with van der Waals surface area (Å²) in [5.74, 6) is 0.303. The van der Waals surface area contributed by atoms with Crippen LogP contribution in [0.4, 0.5) is 0 Å². The standard InChI is InChI=1S/C19H24N2O2S/c1-12-5-3-4-8-21(12)15-9-14(10-15)18-20-16-7-6-13(19(22)23-2)11-17(16)24-18/h6-7,11-12,14-15H,3-5,8-10H2,1-2H3. The summed E-state index contributed by atoms with van der Waals surface area (Å²) in [5, 5.41) is 1.23. The van der Waals surface area contributed by atoms with Gasteiger partial charge in [0.15, 0.2) is 0 Å². The van der Waals surface area contributed by atoms with Crippen LogP contribution in [-0.2, 0) is 4.74 Å². The number of thiazole rings is 1. The highest BCUT2D eigenvalue weighted by Gasteiger charge is 2.38. The molecule has 0 bridgehead atoms. The minimum atomic E-state index is -0.283. The van der Waals surface area contributed by atoms with Gasteiger partial charge >= 0.3 is 5.97 Å². The lowest BCUT2D eigenvalue weighted by atomic mass is 9.78. The molecule has 1 saturated heterocycles. The van der Waals surface area contributed by atoms with Crippen molar-refractivity contribution >= 4 is 27.5 Å². The Hall–Kier alpha value is -1.46. The summed E-state index contributed by atoms with van der Waals surface area (Å²) in [6.45, 7) is 3.64. The molecule has 5 heteroatoms. The van der Waals surface area contributed by atoms with Crippen LogP contribution >= 0.6 is 11.3 Å². The number of carbonyl (C=O) groups is 1. The summed E-state index contributed by atoms with van der Waals surface area (Å²) in [5.41, 5.74) is 1.60. The van der Waals surface area contributed by atoms with Crippen LogP contribution in [0.2, 0.25) is 0 Å². The average molecular weight is 344 g/mol. The van der Waals surface area contributed by atoms with Gasteiger partial charge in [0.1, 0.15) is 0 Å². The molecule has 0 N–H and O–H groups in total. The molecule has 24 heavy (non-hydrogen) atoms. The van der Waals surface area contributed by atoms with Gasteiger partial charge in [-0.3, -0.25) is 4.90 Å². The van der Waals surface area contributed by atoms with Gasteiger partial charge in [-0.15, -0.1) is 11.3 Å². The first-order valence-electron chi connectivity index (χ1n) is 8.90. The van der Waals surface area contributed by atoms with Crippen molar-refractivity contribution in [3.63, 3.8) is 0 Å². The Morgan fingerprint density at radius 2 is 2.17 bits per heavy atom. The maximum Gasteiger partial charge on any atom is 0.337 e. The largest absolute Gasteiger partial charge is 0.465 e. The molecular weight excluding hydrogens is 320 g/mol. The number of benzene rings is 1. The van der Waals surface area contributed by atoms with Crippen LogP contribution in [0.3, 0.4) is 0 Å². The van der Waals surface area contributed by atoms with E-state index in [2.05, 4.69) is 11.8 Å². The Morgan fingerprint density at radius 3 is 2.92 bits per heavy atom. The maximum atomic E-state index is 11.7. The molecular formula is C19H24N2O2S. The fraction of sp³-hybridized carbons (Fsp3) is 0.579. The van der Waals surface area contributed by atoms with E-state index in [1.807, 2.05) is 12.1 Å². The molecule has 2 aromatic rings. The van der Waals surface area contributed by atoms with Crippen LogP contribution in [0, 0.1) is 0 Å². The first-order chi connectivity index (χ1) is 11.7. The van der Waals surface area contributed by atoms with Crippen LogP contribution < -0.4 is 0 Å². The quantitative estimate of drug-likeness (QED) is 0.783. The number of hydrogen-bond donors (Lipinski definition) is 0. The highest BCUT2D eigenvalue weighted by Crippen LogP contribution is 2.44. The van der Waals surface area contributed by atoms with E-state index < -0.39 is 0 Å². The van der Waals surface area contributed by atoms with Crippen molar-refractivity contribution in [3.8, 4) is 0 Å². The molecule has 1 atom stereocenters. The van der Waals surface area contributed by atoms with E-state index in [0.29, 0.717) is 11.5 Å². The minimum Gasteiger partial charge on any atom is -0.465 e. The molecule has 1 aliphatic heterocycles. The molecule has 1 saturated carbocycles. The fourth-order valence-corrected chi connectivity index (χ4v) is 5.22. The summed E-state index contributed by atoms with van der Waals surface area (Å²) < 4.78 is 5.89. The predicted octanol–water partition coefficient (Wildman–Crippen LogP) is 4.20. The van der Waals surface area contributed by atoms with Crippen molar-refractivity contribution in [2.75, 3.05) is 13.7 Å². The molecule has 2 aliphatic rings. The van der Waals surface area contributed by atoms with E-state index in [9.17, 15) is 4.79 Å².